The number of rotatable bonds is 5. The molecule has 0 saturated carbocycles. The van der Waals surface area contributed by atoms with Gasteiger partial charge in [-0.3, -0.25) is 9.59 Å². The van der Waals surface area contributed by atoms with Crippen LogP contribution in [-0.2, 0) is 0 Å². The second-order valence-corrected chi connectivity index (χ2v) is 7.91. The molecular formula is C22H15BrN2O2S. The van der Waals surface area contributed by atoms with Crippen molar-refractivity contribution in [3.8, 4) is 11.1 Å². The first-order chi connectivity index (χ1) is 13.6. The number of carbonyl (C=O) groups is 2. The van der Waals surface area contributed by atoms with Crippen LogP contribution in [0, 0.1) is 0 Å². The molecule has 0 aliphatic carbocycles. The molecule has 28 heavy (non-hydrogen) atoms. The Kier molecular flexibility index (Phi) is 4.98. The molecule has 0 aliphatic heterocycles. The molecule has 0 bridgehead atoms. The number of nitrogens with two attached hydrogens (primary N) is 1. The van der Waals surface area contributed by atoms with E-state index >= 15 is 0 Å². The van der Waals surface area contributed by atoms with Gasteiger partial charge in [0.25, 0.3) is 0 Å². The van der Waals surface area contributed by atoms with Gasteiger partial charge in [-0.1, -0.05) is 58.4 Å². The maximum absolute atomic E-state index is 13.2. The van der Waals surface area contributed by atoms with E-state index < -0.39 is 0 Å². The summed E-state index contributed by atoms with van der Waals surface area (Å²) >= 11 is 4.90. The number of carbonyl (C=O) groups excluding carboxylic acids is 2. The molecule has 4 rings (SSSR count). The van der Waals surface area contributed by atoms with Crippen LogP contribution < -0.4 is 5.73 Å². The van der Waals surface area contributed by atoms with Crippen LogP contribution in [0.1, 0.15) is 32.0 Å². The van der Waals surface area contributed by atoms with Crippen molar-refractivity contribution in [3.05, 3.63) is 98.3 Å². The molecule has 3 N–H and O–H groups in total. The van der Waals surface area contributed by atoms with Crippen LogP contribution in [0.15, 0.2) is 75.9 Å². The van der Waals surface area contributed by atoms with Crippen LogP contribution >= 0.6 is 27.3 Å². The summed E-state index contributed by atoms with van der Waals surface area (Å²) in [6, 6.07) is 18.2. The fraction of sp³-hybridized carbons (Fsp3) is 0. The lowest BCUT2D eigenvalue weighted by Crippen LogP contribution is -2.06. The molecule has 0 unspecified atom stereocenters. The number of nitrogens with one attached hydrogen (secondary N) is 1. The van der Waals surface area contributed by atoms with Gasteiger partial charge in [-0.2, -0.15) is 11.3 Å². The molecule has 6 heteroatoms. The first-order valence-electron chi connectivity index (χ1n) is 8.50. The highest BCUT2D eigenvalue weighted by Gasteiger charge is 2.28. The normalized spacial score (nSPS) is 10.8. The van der Waals surface area contributed by atoms with E-state index in [9.17, 15) is 9.59 Å². The lowest BCUT2D eigenvalue weighted by Gasteiger charge is -2.08. The van der Waals surface area contributed by atoms with Gasteiger partial charge in [-0.05, 0) is 29.1 Å². The van der Waals surface area contributed by atoms with E-state index in [4.69, 9.17) is 5.73 Å². The van der Waals surface area contributed by atoms with Crippen molar-refractivity contribution in [1.29, 1.82) is 0 Å². The maximum Gasteiger partial charge on any atom is 0.209 e. The largest absolute Gasteiger partial charge is 0.385 e. The van der Waals surface area contributed by atoms with E-state index in [1.165, 1.54) is 11.3 Å². The number of aromatic nitrogens is 1. The molecular weight excluding hydrogens is 436 g/mol. The number of hydrogen-bond donors (Lipinski definition) is 2. The Morgan fingerprint density at radius 2 is 1.71 bits per heavy atom. The summed E-state index contributed by atoms with van der Waals surface area (Å²) in [6.45, 7) is 0. The zero-order valence-corrected chi connectivity index (χ0v) is 17.0. The average molecular weight is 451 g/mol. The van der Waals surface area contributed by atoms with Crippen LogP contribution in [0.2, 0.25) is 0 Å². The molecule has 4 aromatic rings. The van der Waals surface area contributed by atoms with E-state index in [1.807, 2.05) is 35.7 Å². The van der Waals surface area contributed by atoms with Gasteiger partial charge in [0, 0.05) is 26.5 Å². The highest BCUT2D eigenvalue weighted by Crippen LogP contribution is 2.36. The number of H-pyrrole nitrogens is 1. The van der Waals surface area contributed by atoms with E-state index in [0.29, 0.717) is 27.9 Å². The molecule has 0 atom stereocenters. The third-order valence-electron chi connectivity index (χ3n) is 4.42. The van der Waals surface area contributed by atoms with Gasteiger partial charge < -0.3 is 10.7 Å². The molecule has 0 spiro atoms. The molecule has 138 valence electrons. The van der Waals surface area contributed by atoms with Crippen molar-refractivity contribution in [2.45, 2.75) is 0 Å². The predicted octanol–water partition coefficient (Wildman–Crippen LogP) is 5.55. The zero-order chi connectivity index (χ0) is 19.7. The number of halogens is 1. The standard InChI is InChI=1S/C22H15BrN2O2S/c23-16-8-4-7-14(11-16)17-18(20(26)15-9-10-28-12-15)22(24)25-19(17)21(27)13-5-2-1-3-6-13/h1-12,25H,24H2. The summed E-state index contributed by atoms with van der Waals surface area (Å²) in [7, 11) is 0. The number of thiophene rings is 1. The van der Waals surface area contributed by atoms with Crippen LogP contribution in [0.5, 0.6) is 0 Å². The molecule has 4 nitrogen and oxygen atoms in total. The molecule has 0 saturated heterocycles. The summed E-state index contributed by atoms with van der Waals surface area (Å²) in [4.78, 5) is 29.3. The van der Waals surface area contributed by atoms with Crippen LogP contribution in [0.3, 0.4) is 0 Å². The first-order valence-corrected chi connectivity index (χ1v) is 10.2. The molecule has 0 aliphatic rings. The van der Waals surface area contributed by atoms with Crippen LogP contribution in [0.4, 0.5) is 5.82 Å². The van der Waals surface area contributed by atoms with Gasteiger partial charge in [0.1, 0.15) is 5.82 Å². The van der Waals surface area contributed by atoms with Gasteiger partial charge in [0.2, 0.25) is 5.78 Å². The van der Waals surface area contributed by atoms with Crippen molar-refractivity contribution >= 4 is 44.7 Å². The van der Waals surface area contributed by atoms with Gasteiger partial charge in [0.15, 0.2) is 5.78 Å². The van der Waals surface area contributed by atoms with Crippen LogP contribution in [-0.4, -0.2) is 16.6 Å². The highest BCUT2D eigenvalue weighted by atomic mass is 79.9. The van der Waals surface area contributed by atoms with Crippen molar-refractivity contribution in [2.75, 3.05) is 5.73 Å². The first kappa shape index (κ1) is 18.4. The second-order valence-electron chi connectivity index (χ2n) is 6.21. The SMILES string of the molecule is Nc1[nH]c(C(=O)c2ccccc2)c(-c2cccc(Br)c2)c1C(=O)c1ccsc1. The topological polar surface area (TPSA) is 76.0 Å². The summed E-state index contributed by atoms with van der Waals surface area (Å²) in [6.07, 6.45) is 0. The molecule has 0 radical (unpaired) electrons. The van der Waals surface area contributed by atoms with Crippen molar-refractivity contribution in [2.24, 2.45) is 0 Å². The average Bonchev–Trinajstić information content (AvgIpc) is 3.35. The Balaban J connectivity index is 1.96. The minimum absolute atomic E-state index is 0.186. The number of ketones is 2. The maximum atomic E-state index is 13.2. The number of hydrogen-bond acceptors (Lipinski definition) is 4. The third-order valence-corrected chi connectivity index (χ3v) is 5.59. The lowest BCUT2D eigenvalue weighted by molar-refractivity contribution is 0.103. The predicted molar refractivity (Wildman–Crippen MR) is 116 cm³/mol. The van der Waals surface area contributed by atoms with Crippen molar-refractivity contribution < 1.29 is 9.59 Å². The smallest absolute Gasteiger partial charge is 0.209 e. The Morgan fingerprint density at radius 1 is 0.929 bits per heavy atom. The van der Waals surface area contributed by atoms with Gasteiger partial charge in [-0.15, -0.1) is 0 Å². The highest BCUT2D eigenvalue weighted by molar-refractivity contribution is 9.10. The van der Waals surface area contributed by atoms with Gasteiger partial charge in [-0.25, -0.2) is 0 Å². The van der Waals surface area contributed by atoms with E-state index in [-0.39, 0.29) is 17.4 Å². The summed E-state index contributed by atoms with van der Waals surface area (Å²) in [5.74, 6) is -0.241. The minimum atomic E-state index is -0.216. The number of anilines is 1. The molecule has 0 amide bonds. The van der Waals surface area contributed by atoms with E-state index in [2.05, 4.69) is 20.9 Å². The Morgan fingerprint density at radius 3 is 2.39 bits per heavy atom. The van der Waals surface area contributed by atoms with Crippen molar-refractivity contribution in [1.82, 2.24) is 4.98 Å². The van der Waals surface area contributed by atoms with Gasteiger partial charge in [0.05, 0.1) is 11.3 Å². The Labute approximate surface area is 174 Å². The monoisotopic (exact) mass is 450 g/mol. The fourth-order valence-electron chi connectivity index (χ4n) is 3.13. The summed E-state index contributed by atoms with van der Waals surface area (Å²) in [5, 5.41) is 3.61. The number of benzene rings is 2. The van der Waals surface area contributed by atoms with E-state index in [1.54, 1.807) is 35.7 Å². The second kappa shape index (κ2) is 7.58. The van der Waals surface area contributed by atoms with Crippen molar-refractivity contribution in [3.63, 3.8) is 0 Å². The Bertz CT molecular complexity index is 1160. The Hall–Kier alpha value is -2.96. The molecule has 2 aromatic heterocycles. The molecule has 0 fully saturated rings. The van der Waals surface area contributed by atoms with E-state index in [0.717, 1.165) is 10.0 Å². The molecule has 2 heterocycles. The lowest BCUT2D eigenvalue weighted by atomic mass is 9.94. The number of aromatic amines is 1. The fourth-order valence-corrected chi connectivity index (χ4v) is 4.17. The summed E-state index contributed by atoms with van der Waals surface area (Å²) in [5.41, 5.74) is 9.15. The summed E-state index contributed by atoms with van der Waals surface area (Å²) < 4.78 is 0.844. The van der Waals surface area contributed by atoms with Gasteiger partial charge >= 0.3 is 0 Å². The minimum Gasteiger partial charge on any atom is -0.385 e. The van der Waals surface area contributed by atoms with Crippen LogP contribution in [0.25, 0.3) is 11.1 Å². The number of nitrogen functional groups attached to an aromatic ring is 1. The quantitative estimate of drug-likeness (QED) is 0.391. The zero-order valence-electron chi connectivity index (χ0n) is 14.6. The molecule has 2 aromatic carbocycles. The third kappa shape index (κ3) is 3.32.